The minimum absolute atomic E-state index is 0.00385. The van der Waals surface area contributed by atoms with Crippen LogP contribution >= 0.6 is 0 Å². The molecule has 1 fully saturated rings. The fourth-order valence-corrected chi connectivity index (χ4v) is 3.97. The highest BCUT2D eigenvalue weighted by atomic mass is 19.1. The topological polar surface area (TPSA) is 65.1 Å². The summed E-state index contributed by atoms with van der Waals surface area (Å²) in [6, 6.07) is 16.1. The van der Waals surface area contributed by atoms with Crippen LogP contribution in [0.5, 0.6) is 5.75 Å². The maximum Gasteiger partial charge on any atom is 0.363 e. The molecule has 1 atom stereocenters. The van der Waals surface area contributed by atoms with Crippen molar-refractivity contribution < 1.29 is 32.7 Å². The highest BCUT2D eigenvalue weighted by Crippen LogP contribution is 2.24. The van der Waals surface area contributed by atoms with Crippen LogP contribution in [0.15, 0.2) is 60.7 Å². The molecule has 1 aliphatic heterocycles. The van der Waals surface area contributed by atoms with Gasteiger partial charge in [0, 0.05) is 38.4 Å². The molecule has 0 radical (unpaired) electrons. The number of methoxy groups -OCH3 is 2. The molecule has 3 aromatic rings. The quantitative estimate of drug-likeness (QED) is 0.462. The number of benzene rings is 3. The summed E-state index contributed by atoms with van der Waals surface area (Å²) in [4.78, 5) is 29.5. The number of nitrogens with zero attached hydrogens (tertiary/aromatic N) is 1. The first-order valence-corrected chi connectivity index (χ1v) is 11.1. The molecule has 1 aliphatic rings. The van der Waals surface area contributed by atoms with E-state index in [0.717, 1.165) is 16.2 Å². The van der Waals surface area contributed by atoms with Gasteiger partial charge in [0.05, 0.1) is 12.7 Å². The number of carbonyl (C=O) groups is 2. The molecule has 182 valence electrons. The molecule has 0 aliphatic carbocycles. The molecule has 1 amide bonds. The van der Waals surface area contributed by atoms with Gasteiger partial charge in [-0.1, -0.05) is 30.3 Å². The number of amides is 1. The lowest BCUT2D eigenvalue weighted by Crippen LogP contribution is -2.36. The van der Waals surface area contributed by atoms with Crippen molar-refractivity contribution in [2.45, 2.75) is 31.9 Å². The van der Waals surface area contributed by atoms with Crippen molar-refractivity contribution >= 4 is 11.9 Å². The van der Waals surface area contributed by atoms with Crippen LogP contribution in [0, 0.1) is 11.6 Å². The molecule has 35 heavy (non-hydrogen) atoms. The van der Waals surface area contributed by atoms with Gasteiger partial charge in [-0.25, -0.2) is 13.6 Å². The molecule has 4 rings (SSSR count). The van der Waals surface area contributed by atoms with E-state index in [1.165, 1.54) is 19.2 Å². The van der Waals surface area contributed by atoms with E-state index in [1.54, 1.807) is 55.6 Å². The molecule has 1 saturated heterocycles. The van der Waals surface area contributed by atoms with Gasteiger partial charge in [-0.2, -0.15) is 0 Å². The second kappa shape index (κ2) is 10.7. The van der Waals surface area contributed by atoms with Gasteiger partial charge < -0.3 is 14.3 Å². The third-order valence-corrected chi connectivity index (χ3v) is 5.96. The average molecular weight is 481 g/mol. The second-order valence-electron chi connectivity index (χ2n) is 8.22. The molecule has 8 heteroatoms. The van der Waals surface area contributed by atoms with Gasteiger partial charge in [0.25, 0.3) is 5.91 Å². The van der Waals surface area contributed by atoms with E-state index in [4.69, 9.17) is 14.3 Å². The van der Waals surface area contributed by atoms with E-state index >= 15 is 4.39 Å². The van der Waals surface area contributed by atoms with Gasteiger partial charge in [-0.3, -0.25) is 4.79 Å². The van der Waals surface area contributed by atoms with Crippen molar-refractivity contribution in [3.05, 3.63) is 100 Å². The summed E-state index contributed by atoms with van der Waals surface area (Å²) in [6.07, 6.45) is 0.421. The Morgan fingerprint density at radius 3 is 2.26 bits per heavy atom. The third-order valence-electron chi connectivity index (χ3n) is 5.96. The van der Waals surface area contributed by atoms with Gasteiger partial charge in [-0.15, -0.1) is 5.06 Å². The predicted molar refractivity (Wildman–Crippen MR) is 124 cm³/mol. The Labute approximate surface area is 202 Å². The normalized spacial score (nSPS) is 15.4. The van der Waals surface area contributed by atoms with E-state index in [9.17, 15) is 14.0 Å². The Kier molecular flexibility index (Phi) is 7.41. The first kappa shape index (κ1) is 24.3. The second-order valence-corrected chi connectivity index (χ2v) is 8.22. The first-order chi connectivity index (χ1) is 16.9. The number of hydroxylamine groups is 2. The molecule has 0 saturated carbocycles. The molecule has 0 bridgehead atoms. The summed E-state index contributed by atoms with van der Waals surface area (Å²) < 4.78 is 39.9. The molecule has 0 aromatic heterocycles. The van der Waals surface area contributed by atoms with Crippen molar-refractivity contribution in [2.24, 2.45) is 0 Å². The van der Waals surface area contributed by atoms with Crippen molar-refractivity contribution in [1.29, 1.82) is 0 Å². The minimum Gasteiger partial charge on any atom is -0.497 e. The Morgan fingerprint density at radius 1 is 0.943 bits per heavy atom. The Bertz CT molecular complexity index is 1210. The summed E-state index contributed by atoms with van der Waals surface area (Å²) >= 11 is 0. The first-order valence-electron chi connectivity index (χ1n) is 11.1. The zero-order valence-corrected chi connectivity index (χ0v) is 19.4. The molecular formula is C27H25F2NO5. The number of hydrogen-bond donors (Lipinski definition) is 0. The molecular weight excluding hydrogens is 456 g/mol. The van der Waals surface area contributed by atoms with Crippen LogP contribution < -0.4 is 4.74 Å². The Hall–Kier alpha value is -3.78. The zero-order chi connectivity index (χ0) is 24.9. The van der Waals surface area contributed by atoms with Crippen molar-refractivity contribution in [3.63, 3.8) is 0 Å². The van der Waals surface area contributed by atoms with E-state index in [1.807, 2.05) is 0 Å². The Morgan fingerprint density at radius 2 is 1.60 bits per heavy atom. The fourth-order valence-electron chi connectivity index (χ4n) is 3.97. The van der Waals surface area contributed by atoms with Crippen LogP contribution in [0.3, 0.4) is 0 Å². The largest absolute Gasteiger partial charge is 0.497 e. The SMILES string of the molecule is COc1ccc(Cc2c(F)ccc(Cc3ccc(C(=O)ON4C(=O)CCC4OC)cc3)c2F)cc1. The van der Waals surface area contributed by atoms with Gasteiger partial charge in [0.1, 0.15) is 17.4 Å². The maximum absolute atomic E-state index is 15.2. The summed E-state index contributed by atoms with van der Waals surface area (Å²) in [7, 11) is 2.99. The predicted octanol–water partition coefficient (Wildman–Crippen LogP) is 4.82. The van der Waals surface area contributed by atoms with Crippen LogP contribution in [-0.4, -0.2) is 37.4 Å². The third kappa shape index (κ3) is 5.49. The Balaban J connectivity index is 1.46. The van der Waals surface area contributed by atoms with Crippen molar-refractivity contribution in [1.82, 2.24) is 5.06 Å². The van der Waals surface area contributed by atoms with E-state index in [2.05, 4.69) is 0 Å². The minimum atomic E-state index is -0.691. The number of ether oxygens (including phenoxy) is 2. The summed E-state index contributed by atoms with van der Waals surface area (Å²) in [5, 5.41) is 0.953. The van der Waals surface area contributed by atoms with E-state index in [0.29, 0.717) is 17.7 Å². The van der Waals surface area contributed by atoms with Gasteiger partial charge >= 0.3 is 5.97 Å². The van der Waals surface area contributed by atoms with Crippen LogP contribution in [-0.2, 0) is 27.2 Å². The lowest BCUT2D eigenvalue weighted by atomic mass is 9.97. The molecule has 1 unspecified atom stereocenters. The van der Waals surface area contributed by atoms with Crippen molar-refractivity contribution in [3.8, 4) is 5.75 Å². The number of hydrogen-bond acceptors (Lipinski definition) is 5. The number of carbonyl (C=O) groups excluding carboxylic acids is 2. The average Bonchev–Trinajstić information content (AvgIpc) is 3.23. The standard InChI is InChI=1S/C27H25F2NO5/c1-33-21-10-5-18(6-11-21)16-22-23(28)12-9-20(26(22)29)15-17-3-7-19(8-4-17)27(32)35-30-24(31)13-14-25(30)34-2/h3-12,25H,13-16H2,1-2H3. The van der Waals surface area contributed by atoms with Gasteiger partial charge in [-0.05, 0) is 47.0 Å². The zero-order valence-electron chi connectivity index (χ0n) is 19.4. The molecule has 3 aromatic carbocycles. The highest BCUT2D eigenvalue weighted by molar-refractivity contribution is 5.90. The van der Waals surface area contributed by atoms with E-state index in [-0.39, 0.29) is 36.3 Å². The fraction of sp³-hybridized carbons (Fsp3) is 0.259. The van der Waals surface area contributed by atoms with Crippen molar-refractivity contribution in [2.75, 3.05) is 14.2 Å². The van der Waals surface area contributed by atoms with Crippen LogP contribution in [0.2, 0.25) is 0 Å². The maximum atomic E-state index is 15.2. The summed E-state index contributed by atoms with van der Waals surface area (Å²) in [5.74, 6) is -1.54. The summed E-state index contributed by atoms with van der Waals surface area (Å²) in [5.41, 5.74) is 2.07. The lowest BCUT2D eigenvalue weighted by Gasteiger charge is -2.21. The molecule has 0 N–H and O–H groups in total. The summed E-state index contributed by atoms with van der Waals surface area (Å²) in [6.45, 7) is 0. The highest BCUT2D eigenvalue weighted by Gasteiger charge is 2.34. The lowest BCUT2D eigenvalue weighted by molar-refractivity contribution is -0.197. The van der Waals surface area contributed by atoms with E-state index < -0.39 is 23.8 Å². The van der Waals surface area contributed by atoms with Crippen LogP contribution in [0.1, 0.15) is 45.5 Å². The number of rotatable bonds is 8. The molecule has 0 spiro atoms. The van der Waals surface area contributed by atoms with Crippen LogP contribution in [0.25, 0.3) is 0 Å². The number of halogens is 2. The molecule has 6 nitrogen and oxygen atoms in total. The van der Waals surface area contributed by atoms with Crippen LogP contribution in [0.4, 0.5) is 8.78 Å². The molecule has 1 heterocycles. The smallest absolute Gasteiger partial charge is 0.363 e. The van der Waals surface area contributed by atoms with Gasteiger partial charge in [0.15, 0.2) is 6.23 Å². The monoisotopic (exact) mass is 481 g/mol. The van der Waals surface area contributed by atoms with Gasteiger partial charge in [0.2, 0.25) is 0 Å².